The van der Waals surface area contributed by atoms with E-state index in [-0.39, 0.29) is 0 Å². The highest BCUT2D eigenvalue weighted by Gasteiger charge is 2.08. The van der Waals surface area contributed by atoms with Gasteiger partial charge >= 0.3 is 0 Å². The van der Waals surface area contributed by atoms with Crippen LogP contribution in [0.5, 0.6) is 0 Å². The Hall–Kier alpha value is -6.44. The molecule has 4 nitrogen and oxygen atoms in total. The molecule has 0 aliphatic rings. The van der Waals surface area contributed by atoms with E-state index in [1.807, 2.05) is 72.8 Å². The third-order valence-corrected chi connectivity index (χ3v) is 7.74. The molecule has 6 aromatic rings. The highest BCUT2D eigenvalue weighted by Crippen LogP contribution is 2.31. The number of carbonyl (C=O) groups is 4. The molecule has 0 aliphatic carbocycles. The maximum atomic E-state index is 11.2. The van der Waals surface area contributed by atoms with Gasteiger partial charge in [-0.2, -0.15) is 0 Å². The summed E-state index contributed by atoms with van der Waals surface area (Å²) in [6, 6.07) is 41.8. The lowest BCUT2D eigenvalue weighted by molar-refractivity contribution is 0.111. The van der Waals surface area contributed by atoms with Crippen molar-refractivity contribution < 1.29 is 19.2 Å². The van der Waals surface area contributed by atoms with Crippen LogP contribution in [0.15, 0.2) is 133 Å². The second-order valence-electron chi connectivity index (χ2n) is 10.8. The van der Waals surface area contributed by atoms with Crippen molar-refractivity contribution in [1.29, 1.82) is 0 Å². The highest BCUT2D eigenvalue weighted by atomic mass is 16.1. The van der Waals surface area contributed by atoms with Gasteiger partial charge in [0.15, 0.2) is 0 Å². The molecule has 0 unspecified atom stereocenters. The Bertz CT molecular complexity index is 1830. The van der Waals surface area contributed by atoms with Gasteiger partial charge in [-0.1, -0.05) is 109 Å². The third kappa shape index (κ3) is 6.70. The molecule has 0 N–H and O–H groups in total. The summed E-state index contributed by atoms with van der Waals surface area (Å²) in [7, 11) is 0. The zero-order valence-electron chi connectivity index (χ0n) is 24.6. The number of carbonyl (C=O) groups excluding carboxylic acids is 4. The summed E-state index contributed by atoms with van der Waals surface area (Å²) < 4.78 is 0. The molecule has 0 atom stereocenters. The summed E-state index contributed by atoms with van der Waals surface area (Å²) in [5.41, 5.74) is 11.5. The molecule has 46 heavy (non-hydrogen) atoms. The van der Waals surface area contributed by atoms with Crippen molar-refractivity contribution in [3.8, 4) is 56.3 Å². The fraction of sp³-hybridized carbons (Fsp3) is 0. The molecule has 0 spiro atoms. The Balaban J connectivity index is 1.46. The molecule has 4 heteroatoms. The van der Waals surface area contributed by atoms with Crippen molar-refractivity contribution in [3.63, 3.8) is 0 Å². The maximum Gasteiger partial charge on any atom is 0.150 e. The predicted molar refractivity (Wildman–Crippen MR) is 182 cm³/mol. The first kappa shape index (κ1) is 29.6. The average molecular weight is 595 g/mol. The predicted octanol–water partition coefficient (Wildman–Crippen LogP) is 9.00. The Labute approximate surface area is 267 Å². The van der Waals surface area contributed by atoms with Gasteiger partial charge in [-0.3, -0.25) is 19.2 Å². The van der Waals surface area contributed by atoms with E-state index in [9.17, 15) is 19.2 Å². The molecule has 6 rings (SSSR count). The van der Waals surface area contributed by atoms with Crippen molar-refractivity contribution in [1.82, 2.24) is 0 Å². The number of rotatable bonds is 8. The second kappa shape index (κ2) is 13.5. The first-order valence-electron chi connectivity index (χ1n) is 14.6. The zero-order valence-corrected chi connectivity index (χ0v) is 24.6. The molecule has 0 saturated heterocycles. The van der Waals surface area contributed by atoms with Gasteiger partial charge in [0.25, 0.3) is 0 Å². The molecule has 218 valence electrons. The second-order valence-corrected chi connectivity index (χ2v) is 10.8. The van der Waals surface area contributed by atoms with Gasteiger partial charge in [-0.15, -0.1) is 0 Å². The smallest absolute Gasteiger partial charge is 0.150 e. The summed E-state index contributed by atoms with van der Waals surface area (Å²) >= 11 is 0. The number of hydrogen-bond donors (Lipinski definition) is 0. The van der Waals surface area contributed by atoms with Crippen LogP contribution in [0, 0.1) is 11.8 Å². The molecule has 0 aliphatic heterocycles. The molecular formula is C42H26O4. The van der Waals surface area contributed by atoms with Crippen molar-refractivity contribution in [2.75, 3.05) is 0 Å². The molecule has 0 saturated carbocycles. The fourth-order valence-electron chi connectivity index (χ4n) is 5.23. The fourth-order valence-corrected chi connectivity index (χ4v) is 5.23. The Morgan fingerprint density at radius 1 is 0.283 bits per heavy atom. The summed E-state index contributed by atoms with van der Waals surface area (Å²) in [4.78, 5) is 44.9. The molecular weight excluding hydrogens is 568 g/mol. The van der Waals surface area contributed by atoms with E-state index in [4.69, 9.17) is 0 Å². The van der Waals surface area contributed by atoms with E-state index in [1.165, 1.54) is 0 Å². The quantitative estimate of drug-likeness (QED) is 0.130. The summed E-state index contributed by atoms with van der Waals surface area (Å²) in [6.07, 6.45) is 3.28. The van der Waals surface area contributed by atoms with Crippen LogP contribution in [0.4, 0.5) is 0 Å². The van der Waals surface area contributed by atoms with Crippen molar-refractivity contribution in [3.05, 3.63) is 167 Å². The minimum absolute atomic E-state index is 0.599. The van der Waals surface area contributed by atoms with Crippen LogP contribution in [-0.4, -0.2) is 25.1 Å². The first-order chi connectivity index (χ1) is 22.5. The van der Waals surface area contributed by atoms with Gasteiger partial charge in [0.1, 0.15) is 25.1 Å². The van der Waals surface area contributed by atoms with Crippen LogP contribution in [-0.2, 0) is 0 Å². The van der Waals surface area contributed by atoms with Crippen LogP contribution < -0.4 is 0 Å². The zero-order chi connectivity index (χ0) is 31.9. The first-order valence-corrected chi connectivity index (χ1v) is 14.6. The van der Waals surface area contributed by atoms with Gasteiger partial charge in [0, 0.05) is 33.4 Å². The van der Waals surface area contributed by atoms with E-state index >= 15 is 0 Å². The summed E-state index contributed by atoms with van der Waals surface area (Å²) in [5, 5.41) is 0. The van der Waals surface area contributed by atoms with E-state index in [2.05, 4.69) is 24.0 Å². The van der Waals surface area contributed by atoms with Crippen LogP contribution in [0.1, 0.15) is 52.6 Å². The molecule has 0 heterocycles. The van der Waals surface area contributed by atoms with Gasteiger partial charge < -0.3 is 0 Å². The number of hydrogen-bond acceptors (Lipinski definition) is 4. The van der Waals surface area contributed by atoms with Gasteiger partial charge in [0.2, 0.25) is 0 Å². The highest BCUT2D eigenvalue weighted by molar-refractivity contribution is 5.83. The molecule has 0 bridgehead atoms. The van der Waals surface area contributed by atoms with Crippen LogP contribution in [0.2, 0.25) is 0 Å². The molecule has 0 radical (unpaired) electrons. The summed E-state index contributed by atoms with van der Waals surface area (Å²) in [5.74, 6) is 6.73. The lowest BCUT2D eigenvalue weighted by Gasteiger charge is -2.10. The van der Waals surface area contributed by atoms with Crippen molar-refractivity contribution in [2.24, 2.45) is 0 Å². The van der Waals surface area contributed by atoms with Gasteiger partial charge in [-0.05, 0) is 80.9 Å². The molecule has 0 fully saturated rings. The van der Waals surface area contributed by atoms with Crippen LogP contribution in [0.25, 0.3) is 44.5 Å². The topological polar surface area (TPSA) is 68.3 Å². The standard InChI is InChI=1S/C42H26O4/c43-25-29-3-11-35(12-4-29)39-19-33(20-40(23-39)36-13-5-30(26-44)6-14-36)1-2-34-21-41(37-15-7-31(27-45)8-16-37)24-42(22-34)38-17-9-32(28-46)10-18-38/h3-28H. The SMILES string of the molecule is O=Cc1ccc(-c2cc(C#Cc3cc(-c4ccc(C=O)cc4)cc(-c4ccc(C=O)cc4)c3)cc(-c3ccc(C=O)cc3)c2)cc1. The Morgan fingerprint density at radius 3 is 0.696 bits per heavy atom. The van der Waals surface area contributed by atoms with E-state index in [0.717, 1.165) is 80.8 Å². The third-order valence-electron chi connectivity index (χ3n) is 7.74. The molecule has 0 amide bonds. The number of benzene rings is 6. The number of aldehydes is 4. The average Bonchev–Trinajstić information content (AvgIpc) is 3.14. The van der Waals surface area contributed by atoms with E-state index in [1.54, 1.807) is 48.5 Å². The van der Waals surface area contributed by atoms with E-state index in [0.29, 0.717) is 22.3 Å². The van der Waals surface area contributed by atoms with Crippen LogP contribution >= 0.6 is 0 Å². The Morgan fingerprint density at radius 2 is 0.500 bits per heavy atom. The van der Waals surface area contributed by atoms with Crippen LogP contribution in [0.3, 0.4) is 0 Å². The van der Waals surface area contributed by atoms with E-state index < -0.39 is 0 Å². The normalized spacial score (nSPS) is 10.3. The minimum Gasteiger partial charge on any atom is -0.298 e. The summed E-state index contributed by atoms with van der Waals surface area (Å²) in [6.45, 7) is 0. The minimum atomic E-state index is 0.599. The van der Waals surface area contributed by atoms with Crippen molar-refractivity contribution >= 4 is 25.1 Å². The lowest BCUT2D eigenvalue weighted by Crippen LogP contribution is -1.89. The van der Waals surface area contributed by atoms with Crippen molar-refractivity contribution in [2.45, 2.75) is 0 Å². The monoisotopic (exact) mass is 594 g/mol. The Kier molecular flexibility index (Phi) is 8.67. The molecule has 6 aromatic carbocycles. The van der Waals surface area contributed by atoms with Gasteiger partial charge in [-0.25, -0.2) is 0 Å². The largest absolute Gasteiger partial charge is 0.298 e. The maximum absolute atomic E-state index is 11.2. The lowest BCUT2D eigenvalue weighted by atomic mass is 9.94. The molecule has 0 aromatic heterocycles. The van der Waals surface area contributed by atoms with Gasteiger partial charge in [0.05, 0.1) is 0 Å².